The molecule has 17 heavy (non-hydrogen) atoms. The van der Waals surface area contributed by atoms with Gasteiger partial charge in [0, 0.05) is 23.0 Å². The fourth-order valence-corrected chi connectivity index (χ4v) is 1.77. The van der Waals surface area contributed by atoms with Gasteiger partial charge < -0.3 is 21.0 Å². The first-order chi connectivity index (χ1) is 8.06. The molecule has 0 saturated heterocycles. The zero-order chi connectivity index (χ0) is 12.8. The van der Waals surface area contributed by atoms with Crippen LogP contribution in [0.3, 0.4) is 0 Å². The van der Waals surface area contributed by atoms with Gasteiger partial charge in [0.2, 0.25) is 0 Å². The van der Waals surface area contributed by atoms with Crippen molar-refractivity contribution in [3.8, 4) is 5.75 Å². The van der Waals surface area contributed by atoms with E-state index in [-0.39, 0.29) is 11.9 Å². The second-order valence-corrected chi connectivity index (χ2v) is 4.54. The fraction of sp³-hybridized carbons (Fsp3) is 0.364. The molecule has 4 N–H and O–H groups in total. The van der Waals surface area contributed by atoms with Gasteiger partial charge >= 0.3 is 0 Å². The number of amidine groups is 1. The average molecular weight is 302 g/mol. The van der Waals surface area contributed by atoms with E-state index in [2.05, 4.69) is 26.4 Å². The number of nitrogens with zero attached hydrogens (tertiary/aromatic N) is 1. The van der Waals surface area contributed by atoms with Crippen LogP contribution in [0.2, 0.25) is 0 Å². The summed E-state index contributed by atoms with van der Waals surface area (Å²) in [6, 6.07) is 5.70. The van der Waals surface area contributed by atoms with Gasteiger partial charge in [-0.2, -0.15) is 0 Å². The monoisotopic (exact) mass is 301 g/mol. The first-order valence-corrected chi connectivity index (χ1v) is 5.92. The van der Waals surface area contributed by atoms with Crippen LogP contribution in [0.5, 0.6) is 5.75 Å². The summed E-state index contributed by atoms with van der Waals surface area (Å²) < 4.78 is 6.08. The minimum Gasteiger partial charge on any atom is -0.497 e. The predicted octanol–water partition coefficient (Wildman–Crippen LogP) is 2.39. The molecule has 0 aromatic heterocycles. The summed E-state index contributed by atoms with van der Waals surface area (Å²) in [4.78, 5) is 0. The molecular weight excluding hydrogens is 286 g/mol. The minimum absolute atomic E-state index is 0.0503. The van der Waals surface area contributed by atoms with Crippen molar-refractivity contribution in [1.82, 2.24) is 0 Å². The van der Waals surface area contributed by atoms with E-state index < -0.39 is 0 Å². The van der Waals surface area contributed by atoms with Gasteiger partial charge in [0.15, 0.2) is 0 Å². The van der Waals surface area contributed by atoms with E-state index >= 15 is 0 Å². The van der Waals surface area contributed by atoms with Crippen molar-refractivity contribution in [2.24, 2.45) is 10.9 Å². The molecule has 1 unspecified atom stereocenters. The van der Waals surface area contributed by atoms with Crippen LogP contribution in [0, 0.1) is 0 Å². The molecule has 0 aliphatic carbocycles. The molecule has 1 atom stereocenters. The first kappa shape index (κ1) is 13.6. The summed E-state index contributed by atoms with van der Waals surface area (Å²) in [6.07, 6.45) is 0.458. The van der Waals surface area contributed by atoms with E-state index in [0.717, 1.165) is 15.9 Å². The third-order valence-electron chi connectivity index (χ3n) is 2.22. The van der Waals surface area contributed by atoms with Crippen molar-refractivity contribution in [2.75, 3.05) is 12.4 Å². The Balaban J connectivity index is 2.73. The molecule has 0 fully saturated rings. The van der Waals surface area contributed by atoms with Crippen molar-refractivity contribution < 1.29 is 9.94 Å². The molecule has 1 aromatic carbocycles. The number of nitrogens with two attached hydrogens (primary N) is 1. The molecular formula is C11H16BrN3O2. The van der Waals surface area contributed by atoms with Crippen LogP contribution in [0.4, 0.5) is 5.69 Å². The molecule has 1 rings (SSSR count). The molecule has 1 aromatic rings. The SMILES string of the molecule is COc1ccc(Br)c(NC(C)CC(N)=NO)c1. The second-order valence-electron chi connectivity index (χ2n) is 3.69. The van der Waals surface area contributed by atoms with E-state index in [1.165, 1.54) is 0 Å². The fourth-order valence-electron chi connectivity index (χ4n) is 1.41. The predicted molar refractivity (Wildman–Crippen MR) is 71.8 cm³/mol. The largest absolute Gasteiger partial charge is 0.497 e. The van der Waals surface area contributed by atoms with E-state index in [1.807, 2.05) is 25.1 Å². The van der Waals surface area contributed by atoms with Crippen LogP contribution in [0.25, 0.3) is 0 Å². The zero-order valence-corrected chi connectivity index (χ0v) is 11.4. The molecule has 0 spiro atoms. The number of anilines is 1. The highest BCUT2D eigenvalue weighted by Gasteiger charge is 2.08. The van der Waals surface area contributed by atoms with Gasteiger partial charge in [-0.05, 0) is 35.0 Å². The van der Waals surface area contributed by atoms with Gasteiger partial charge in [0.05, 0.1) is 12.8 Å². The molecule has 0 amide bonds. The topological polar surface area (TPSA) is 79.9 Å². The van der Waals surface area contributed by atoms with Gasteiger partial charge in [-0.25, -0.2) is 0 Å². The van der Waals surface area contributed by atoms with Gasteiger partial charge in [0.1, 0.15) is 11.6 Å². The summed E-state index contributed by atoms with van der Waals surface area (Å²) in [6.45, 7) is 1.95. The van der Waals surface area contributed by atoms with Gasteiger partial charge in [-0.1, -0.05) is 5.16 Å². The maximum absolute atomic E-state index is 8.49. The maximum atomic E-state index is 8.49. The Kier molecular flexibility index (Phi) is 5.09. The molecule has 0 aliphatic rings. The van der Waals surface area contributed by atoms with Crippen molar-refractivity contribution >= 4 is 27.5 Å². The Morgan fingerprint density at radius 2 is 2.35 bits per heavy atom. The highest BCUT2D eigenvalue weighted by Crippen LogP contribution is 2.27. The first-order valence-electron chi connectivity index (χ1n) is 5.13. The van der Waals surface area contributed by atoms with E-state index in [9.17, 15) is 0 Å². The highest BCUT2D eigenvalue weighted by molar-refractivity contribution is 9.10. The normalized spacial score (nSPS) is 13.2. The van der Waals surface area contributed by atoms with Crippen LogP contribution in [-0.4, -0.2) is 24.2 Å². The number of nitrogens with one attached hydrogen (secondary N) is 1. The number of hydrogen-bond donors (Lipinski definition) is 3. The lowest BCUT2D eigenvalue weighted by Crippen LogP contribution is -2.24. The van der Waals surface area contributed by atoms with E-state index in [4.69, 9.17) is 15.7 Å². The molecule has 0 heterocycles. The Hall–Kier alpha value is -1.43. The Morgan fingerprint density at radius 1 is 1.65 bits per heavy atom. The van der Waals surface area contributed by atoms with E-state index in [0.29, 0.717) is 6.42 Å². The number of hydrogen-bond acceptors (Lipinski definition) is 4. The Bertz CT molecular complexity index is 410. The summed E-state index contributed by atoms with van der Waals surface area (Å²) in [5.74, 6) is 0.968. The average Bonchev–Trinajstić information content (AvgIpc) is 2.31. The van der Waals surface area contributed by atoms with Crippen LogP contribution >= 0.6 is 15.9 Å². The van der Waals surface area contributed by atoms with E-state index in [1.54, 1.807) is 7.11 Å². The Morgan fingerprint density at radius 3 is 2.94 bits per heavy atom. The number of halogens is 1. The maximum Gasteiger partial charge on any atom is 0.141 e. The number of benzene rings is 1. The van der Waals surface area contributed by atoms with Crippen molar-refractivity contribution in [3.05, 3.63) is 22.7 Å². The van der Waals surface area contributed by atoms with Crippen molar-refractivity contribution in [3.63, 3.8) is 0 Å². The van der Waals surface area contributed by atoms with Crippen LogP contribution in [0.15, 0.2) is 27.8 Å². The number of rotatable bonds is 5. The van der Waals surface area contributed by atoms with Gasteiger partial charge in [0.25, 0.3) is 0 Å². The number of methoxy groups -OCH3 is 1. The summed E-state index contributed by atoms with van der Waals surface area (Å²) in [5.41, 5.74) is 6.35. The molecule has 6 heteroatoms. The third-order valence-corrected chi connectivity index (χ3v) is 2.91. The van der Waals surface area contributed by atoms with Crippen molar-refractivity contribution in [2.45, 2.75) is 19.4 Å². The molecule has 0 saturated carbocycles. The lowest BCUT2D eigenvalue weighted by molar-refractivity contribution is 0.316. The quantitative estimate of drug-likeness (QED) is 0.338. The lowest BCUT2D eigenvalue weighted by atomic mass is 10.2. The van der Waals surface area contributed by atoms with Gasteiger partial charge in [-0.3, -0.25) is 0 Å². The van der Waals surface area contributed by atoms with Crippen LogP contribution in [0.1, 0.15) is 13.3 Å². The zero-order valence-electron chi connectivity index (χ0n) is 9.77. The molecule has 0 bridgehead atoms. The van der Waals surface area contributed by atoms with Gasteiger partial charge in [-0.15, -0.1) is 0 Å². The number of oxime groups is 1. The second kappa shape index (κ2) is 6.34. The minimum atomic E-state index is 0.0503. The van der Waals surface area contributed by atoms with Crippen LogP contribution in [-0.2, 0) is 0 Å². The third kappa shape index (κ3) is 4.14. The number of ether oxygens (including phenoxy) is 1. The standard InChI is InChI=1S/C11H16BrN3O2/c1-7(5-11(13)15-16)14-10-6-8(17-2)3-4-9(10)12/h3-4,6-7,14,16H,5H2,1-2H3,(H2,13,15). The van der Waals surface area contributed by atoms with Crippen LogP contribution < -0.4 is 15.8 Å². The lowest BCUT2D eigenvalue weighted by Gasteiger charge is -2.16. The molecule has 5 nitrogen and oxygen atoms in total. The summed E-state index contributed by atoms with van der Waals surface area (Å²) in [5, 5.41) is 14.7. The smallest absolute Gasteiger partial charge is 0.141 e. The highest BCUT2D eigenvalue weighted by atomic mass is 79.9. The Labute approximate surface area is 109 Å². The van der Waals surface area contributed by atoms with Crippen molar-refractivity contribution in [1.29, 1.82) is 0 Å². The molecule has 94 valence electrons. The summed E-state index contributed by atoms with van der Waals surface area (Å²) >= 11 is 3.44. The summed E-state index contributed by atoms with van der Waals surface area (Å²) in [7, 11) is 1.62. The molecule has 0 aliphatic heterocycles. The molecule has 0 radical (unpaired) electrons.